The predicted octanol–water partition coefficient (Wildman–Crippen LogP) is 2.25. The normalized spacial score (nSPS) is 14.6. The Morgan fingerprint density at radius 2 is 1.67 bits per heavy atom. The van der Waals surface area contributed by atoms with Crippen LogP contribution < -0.4 is 5.32 Å². The summed E-state index contributed by atoms with van der Waals surface area (Å²) in [4.78, 5) is 23.9. The maximum Gasteiger partial charge on any atom is 0.336 e. The number of benzene rings is 1. The van der Waals surface area contributed by atoms with Crippen LogP contribution >= 0.6 is 15.9 Å². The van der Waals surface area contributed by atoms with Crippen LogP contribution in [0.15, 0.2) is 52.3 Å². The number of dihydropyridines is 1. The third-order valence-corrected chi connectivity index (χ3v) is 3.62. The Bertz CT molecular complexity index is 604. The summed E-state index contributed by atoms with van der Waals surface area (Å²) >= 11 is 3.39. The van der Waals surface area contributed by atoms with Crippen molar-refractivity contribution in [1.29, 1.82) is 0 Å². The summed E-state index contributed by atoms with van der Waals surface area (Å²) in [6.07, 6.45) is 3.06. The van der Waals surface area contributed by atoms with Crippen molar-refractivity contribution >= 4 is 27.9 Å². The van der Waals surface area contributed by atoms with Crippen LogP contribution in [-0.4, -0.2) is 26.2 Å². The molecule has 1 aliphatic heterocycles. The summed E-state index contributed by atoms with van der Waals surface area (Å²) in [5, 5.41) is 2.79. The van der Waals surface area contributed by atoms with Gasteiger partial charge in [0, 0.05) is 16.9 Å². The molecule has 0 saturated heterocycles. The number of ether oxygens (including phenoxy) is 2. The first-order valence-corrected chi connectivity index (χ1v) is 6.96. The van der Waals surface area contributed by atoms with Crippen LogP contribution in [0.2, 0.25) is 0 Å². The second kappa shape index (κ2) is 6.58. The van der Waals surface area contributed by atoms with E-state index < -0.39 is 17.9 Å². The third kappa shape index (κ3) is 3.16. The quantitative estimate of drug-likeness (QED) is 0.846. The summed E-state index contributed by atoms with van der Waals surface area (Å²) < 4.78 is 10.4. The van der Waals surface area contributed by atoms with E-state index in [1.807, 2.05) is 24.3 Å². The molecular formula is C15H14BrNO4. The van der Waals surface area contributed by atoms with Crippen molar-refractivity contribution in [2.45, 2.75) is 5.92 Å². The first-order valence-electron chi connectivity index (χ1n) is 6.16. The van der Waals surface area contributed by atoms with Crippen LogP contribution in [0.5, 0.6) is 0 Å². The first-order chi connectivity index (χ1) is 10.1. The minimum Gasteiger partial charge on any atom is -0.466 e. The van der Waals surface area contributed by atoms with Gasteiger partial charge in [-0.05, 0) is 17.7 Å². The number of nitrogens with one attached hydrogen (secondary N) is 1. The molecule has 6 heteroatoms. The lowest BCUT2D eigenvalue weighted by Crippen LogP contribution is -2.26. The lowest BCUT2D eigenvalue weighted by Gasteiger charge is -2.24. The van der Waals surface area contributed by atoms with Crippen molar-refractivity contribution in [3.05, 3.63) is 57.8 Å². The highest BCUT2D eigenvalue weighted by atomic mass is 79.9. The van der Waals surface area contributed by atoms with E-state index in [1.165, 1.54) is 26.6 Å². The maximum absolute atomic E-state index is 12.0. The van der Waals surface area contributed by atoms with E-state index in [1.54, 1.807) is 0 Å². The van der Waals surface area contributed by atoms with E-state index >= 15 is 0 Å². The average Bonchev–Trinajstić information content (AvgIpc) is 2.52. The molecule has 0 aromatic heterocycles. The molecule has 2 rings (SSSR count). The summed E-state index contributed by atoms with van der Waals surface area (Å²) in [6.45, 7) is 0. The molecule has 21 heavy (non-hydrogen) atoms. The largest absolute Gasteiger partial charge is 0.466 e. The second-order valence-corrected chi connectivity index (χ2v) is 5.25. The van der Waals surface area contributed by atoms with Crippen LogP contribution in [-0.2, 0) is 19.1 Å². The molecule has 5 nitrogen and oxygen atoms in total. The molecule has 1 aromatic carbocycles. The SMILES string of the molecule is COC(=O)C1=CNC=C(C(=O)OC)C1c1cccc(Br)c1. The Kier molecular flexibility index (Phi) is 4.80. The average molecular weight is 352 g/mol. The van der Waals surface area contributed by atoms with Crippen LogP contribution in [0.3, 0.4) is 0 Å². The molecule has 0 unspecified atom stereocenters. The van der Waals surface area contributed by atoms with Crippen LogP contribution in [0.25, 0.3) is 0 Å². The van der Waals surface area contributed by atoms with Crippen molar-refractivity contribution in [2.75, 3.05) is 14.2 Å². The van der Waals surface area contributed by atoms with Gasteiger partial charge in [0.25, 0.3) is 0 Å². The van der Waals surface area contributed by atoms with Crippen LogP contribution in [0.1, 0.15) is 11.5 Å². The van der Waals surface area contributed by atoms with Gasteiger partial charge >= 0.3 is 11.9 Å². The van der Waals surface area contributed by atoms with E-state index in [-0.39, 0.29) is 0 Å². The molecule has 1 aromatic rings. The van der Waals surface area contributed by atoms with Gasteiger partial charge in [0.2, 0.25) is 0 Å². The first kappa shape index (κ1) is 15.3. The molecule has 0 atom stereocenters. The van der Waals surface area contributed by atoms with Crippen molar-refractivity contribution in [3.8, 4) is 0 Å². The van der Waals surface area contributed by atoms with Crippen molar-refractivity contribution in [2.24, 2.45) is 0 Å². The van der Waals surface area contributed by atoms with Crippen molar-refractivity contribution in [1.82, 2.24) is 5.32 Å². The number of hydrogen-bond donors (Lipinski definition) is 1. The second-order valence-electron chi connectivity index (χ2n) is 4.34. The number of methoxy groups -OCH3 is 2. The summed E-state index contributed by atoms with van der Waals surface area (Å²) in [5.74, 6) is -1.53. The molecule has 1 N–H and O–H groups in total. The van der Waals surface area contributed by atoms with E-state index in [4.69, 9.17) is 9.47 Å². The van der Waals surface area contributed by atoms with E-state index in [0.29, 0.717) is 11.1 Å². The van der Waals surface area contributed by atoms with Gasteiger partial charge in [-0.15, -0.1) is 0 Å². The molecule has 110 valence electrons. The van der Waals surface area contributed by atoms with Crippen LogP contribution in [0, 0.1) is 0 Å². The fourth-order valence-electron chi connectivity index (χ4n) is 2.19. The van der Waals surface area contributed by atoms with Crippen molar-refractivity contribution < 1.29 is 19.1 Å². The van der Waals surface area contributed by atoms with Gasteiger partial charge in [-0.25, -0.2) is 9.59 Å². The Hall–Kier alpha value is -2.08. The Morgan fingerprint density at radius 3 is 2.14 bits per heavy atom. The number of hydrogen-bond acceptors (Lipinski definition) is 5. The van der Waals surface area contributed by atoms with Crippen LogP contribution in [0.4, 0.5) is 0 Å². The van der Waals surface area contributed by atoms with Gasteiger partial charge in [0.15, 0.2) is 0 Å². The molecule has 0 bridgehead atoms. The van der Waals surface area contributed by atoms with Gasteiger partial charge in [0.05, 0.1) is 31.3 Å². The highest BCUT2D eigenvalue weighted by Crippen LogP contribution is 2.35. The van der Waals surface area contributed by atoms with E-state index in [9.17, 15) is 9.59 Å². The zero-order valence-electron chi connectivity index (χ0n) is 11.6. The van der Waals surface area contributed by atoms with Crippen molar-refractivity contribution in [3.63, 3.8) is 0 Å². The minimum absolute atomic E-state index is 0.346. The molecule has 0 fully saturated rings. The monoisotopic (exact) mass is 351 g/mol. The molecule has 0 amide bonds. The zero-order valence-corrected chi connectivity index (χ0v) is 13.1. The van der Waals surface area contributed by atoms with Gasteiger partial charge < -0.3 is 14.8 Å². The summed E-state index contributed by atoms with van der Waals surface area (Å²) in [6, 6.07) is 7.40. The van der Waals surface area contributed by atoms with E-state index in [0.717, 1.165) is 10.0 Å². The number of halogens is 1. The maximum atomic E-state index is 12.0. The smallest absolute Gasteiger partial charge is 0.336 e. The Balaban J connectivity index is 2.52. The van der Waals surface area contributed by atoms with Gasteiger partial charge in [0.1, 0.15) is 0 Å². The third-order valence-electron chi connectivity index (χ3n) is 3.12. The zero-order chi connectivity index (χ0) is 15.4. The highest BCUT2D eigenvalue weighted by molar-refractivity contribution is 9.10. The fraction of sp³-hybridized carbons (Fsp3) is 0.200. The number of carbonyl (C=O) groups excluding carboxylic acids is 2. The summed E-state index contributed by atoms with van der Waals surface area (Å²) in [5.41, 5.74) is 1.48. The van der Waals surface area contributed by atoms with E-state index in [2.05, 4.69) is 21.2 Å². The molecule has 1 heterocycles. The summed E-state index contributed by atoms with van der Waals surface area (Å²) in [7, 11) is 2.61. The molecule has 0 aliphatic carbocycles. The predicted molar refractivity (Wildman–Crippen MR) is 80.2 cm³/mol. The van der Waals surface area contributed by atoms with Gasteiger partial charge in [-0.3, -0.25) is 0 Å². The number of carbonyl (C=O) groups is 2. The topological polar surface area (TPSA) is 64.6 Å². The number of rotatable bonds is 3. The molecule has 1 aliphatic rings. The lowest BCUT2D eigenvalue weighted by molar-refractivity contribution is -0.137. The minimum atomic E-state index is -0.538. The fourth-order valence-corrected chi connectivity index (χ4v) is 2.61. The standard InChI is InChI=1S/C15H14BrNO4/c1-20-14(18)11-7-17-8-12(15(19)21-2)13(11)9-4-3-5-10(16)6-9/h3-8,13,17H,1-2H3. The van der Waals surface area contributed by atoms with Gasteiger partial charge in [-0.1, -0.05) is 28.1 Å². The molecule has 0 spiro atoms. The number of esters is 2. The Labute approximate surface area is 130 Å². The van der Waals surface area contributed by atoms with Gasteiger partial charge in [-0.2, -0.15) is 0 Å². The Morgan fingerprint density at radius 1 is 1.10 bits per heavy atom. The molecule has 0 saturated carbocycles. The lowest BCUT2D eigenvalue weighted by atomic mass is 9.84. The highest BCUT2D eigenvalue weighted by Gasteiger charge is 2.33. The molecule has 0 radical (unpaired) electrons. The molecular weight excluding hydrogens is 338 g/mol.